The van der Waals surface area contributed by atoms with Gasteiger partial charge >= 0.3 is 0 Å². The Morgan fingerprint density at radius 3 is 2.52 bits per heavy atom. The van der Waals surface area contributed by atoms with Crippen molar-refractivity contribution in [3.63, 3.8) is 0 Å². The number of halogens is 4. The van der Waals surface area contributed by atoms with Crippen LogP contribution in [0, 0.1) is 0 Å². The molecule has 0 spiro atoms. The van der Waals surface area contributed by atoms with E-state index in [0.717, 1.165) is 0 Å². The summed E-state index contributed by atoms with van der Waals surface area (Å²) in [6.45, 7) is -0.236. The molecule has 2 aromatic rings. The number of hydrogen-bond acceptors (Lipinski definition) is 3. The molecule has 23 heavy (non-hydrogen) atoms. The lowest BCUT2D eigenvalue weighted by atomic mass is 10.2. The normalized spacial score (nSPS) is 10.8. The Bertz CT molecular complexity index is 750. The zero-order valence-electron chi connectivity index (χ0n) is 11.5. The summed E-state index contributed by atoms with van der Waals surface area (Å²) in [5.74, 6) is -0.0768. The minimum Gasteiger partial charge on any atom is -0.482 e. The molecule has 0 aliphatic carbocycles. The highest BCUT2D eigenvalue weighted by Crippen LogP contribution is 2.27. The molecular formula is C15H10Cl4N2O2. The van der Waals surface area contributed by atoms with E-state index < -0.39 is 5.91 Å². The Morgan fingerprint density at radius 2 is 1.83 bits per heavy atom. The summed E-state index contributed by atoms with van der Waals surface area (Å²) in [6.07, 6.45) is 1.44. The second-order valence-electron chi connectivity index (χ2n) is 4.33. The van der Waals surface area contributed by atoms with E-state index in [0.29, 0.717) is 31.4 Å². The summed E-state index contributed by atoms with van der Waals surface area (Å²) in [5.41, 5.74) is 3.02. The van der Waals surface area contributed by atoms with Gasteiger partial charge < -0.3 is 4.74 Å². The first-order valence-electron chi connectivity index (χ1n) is 6.30. The van der Waals surface area contributed by atoms with E-state index >= 15 is 0 Å². The van der Waals surface area contributed by atoms with E-state index in [-0.39, 0.29) is 6.61 Å². The maximum Gasteiger partial charge on any atom is 0.277 e. The van der Waals surface area contributed by atoms with Crippen molar-refractivity contribution in [2.45, 2.75) is 0 Å². The van der Waals surface area contributed by atoms with Gasteiger partial charge in [-0.1, -0.05) is 52.5 Å². The zero-order chi connectivity index (χ0) is 16.8. The van der Waals surface area contributed by atoms with Gasteiger partial charge in [-0.2, -0.15) is 5.10 Å². The number of nitrogens with zero attached hydrogens (tertiary/aromatic N) is 1. The third-order valence-corrected chi connectivity index (χ3v) is 3.87. The summed E-state index contributed by atoms with van der Waals surface area (Å²) >= 11 is 23.4. The number of hydrazone groups is 1. The third kappa shape index (κ3) is 5.59. The van der Waals surface area contributed by atoms with Gasteiger partial charge in [0.2, 0.25) is 0 Å². The predicted molar refractivity (Wildman–Crippen MR) is 94.2 cm³/mol. The van der Waals surface area contributed by atoms with Gasteiger partial charge in [0.1, 0.15) is 5.75 Å². The smallest absolute Gasteiger partial charge is 0.277 e. The first-order valence-corrected chi connectivity index (χ1v) is 7.81. The highest BCUT2D eigenvalue weighted by Gasteiger charge is 2.05. The van der Waals surface area contributed by atoms with Gasteiger partial charge in [0, 0.05) is 5.02 Å². The lowest BCUT2D eigenvalue weighted by Gasteiger charge is -2.07. The van der Waals surface area contributed by atoms with Gasteiger partial charge in [0.15, 0.2) is 6.61 Å². The molecular weight excluding hydrogens is 382 g/mol. The molecule has 2 aromatic carbocycles. The van der Waals surface area contributed by atoms with E-state index in [1.807, 2.05) is 0 Å². The van der Waals surface area contributed by atoms with E-state index in [4.69, 9.17) is 51.1 Å². The molecule has 0 bridgehead atoms. The number of rotatable bonds is 5. The van der Waals surface area contributed by atoms with Crippen LogP contribution in [0.3, 0.4) is 0 Å². The lowest BCUT2D eigenvalue weighted by Crippen LogP contribution is -2.24. The van der Waals surface area contributed by atoms with Gasteiger partial charge in [-0.15, -0.1) is 0 Å². The van der Waals surface area contributed by atoms with Crippen LogP contribution in [0.1, 0.15) is 5.56 Å². The number of hydrogen-bond donors (Lipinski definition) is 1. The van der Waals surface area contributed by atoms with Crippen molar-refractivity contribution in [2.24, 2.45) is 5.10 Å². The quantitative estimate of drug-likeness (QED) is 0.586. The molecule has 0 atom stereocenters. The monoisotopic (exact) mass is 390 g/mol. The van der Waals surface area contributed by atoms with E-state index in [1.165, 1.54) is 12.3 Å². The first kappa shape index (κ1) is 17.9. The highest BCUT2D eigenvalue weighted by molar-refractivity contribution is 6.42. The fourth-order valence-electron chi connectivity index (χ4n) is 1.54. The van der Waals surface area contributed by atoms with Crippen LogP contribution in [0.5, 0.6) is 5.75 Å². The molecule has 0 radical (unpaired) electrons. The van der Waals surface area contributed by atoms with Crippen molar-refractivity contribution in [3.8, 4) is 5.75 Å². The fourth-order valence-corrected chi connectivity index (χ4v) is 2.31. The maximum atomic E-state index is 11.6. The molecule has 1 N–H and O–H groups in total. The van der Waals surface area contributed by atoms with Crippen molar-refractivity contribution in [3.05, 3.63) is 62.1 Å². The summed E-state index contributed by atoms with van der Waals surface area (Å²) in [5, 5.41) is 5.46. The van der Waals surface area contributed by atoms with Crippen LogP contribution in [0.2, 0.25) is 20.1 Å². The van der Waals surface area contributed by atoms with E-state index in [9.17, 15) is 4.79 Å². The number of ether oxygens (including phenoxy) is 1. The first-order chi connectivity index (χ1) is 11.0. The highest BCUT2D eigenvalue weighted by atomic mass is 35.5. The van der Waals surface area contributed by atoms with Gasteiger partial charge in [0.25, 0.3) is 5.91 Å². The second-order valence-corrected chi connectivity index (χ2v) is 5.99. The topological polar surface area (TPSA) is 50.7 Å². The maximum absolute atomic E-state index is 11.6. The van der Waals surface area contributed by atoms with Crippen LogP contribution in [-0.4, -0.2) is 18.7 Å². The number of nitrogens with one attached hydrogen (secondary N) is 1. The molecule has 4 nitrogen and oxygen atoms in total. The van der Waals surface area contributed by atoms with Crippen molar-refractivity contribution < 1.29 is 9.53 Å². The van der Waals surface area contributed by atoms with Gasteiger partial charge in [-0.05, 0) is 35.9 Å². The van der Waals surface area contributed by atoms with Crippen molar-refractivity contribution in [1.29, 1.82) is 0 Å². The molecule has 0 aromatic heterocycles. The lowest BCUT2D eigenvalue weighted by molar-refractivity contribution is -0.123. The third-order valence-electron chi connectivity index (χ3n) is 2.60. The summed E-state index contributed by atoms with van der Waals surface area (Å²) in [4.78, 5) is 11.6. The molecule has 0 heterocycles. The molecule has 0 aliphatic heterocycles. The van der Waals surface area contributed by atoms with Crippen LogP contribution in [0.15, 0.2) is 41.5 Å². The number of benzene rings is 2. The van der Waals surface area contributed by atoms with Crippen LogP contribution < -0.4 is 10.2 Å². The van der Waals surface area contributed by atoms with Gasteiger partial charge in [0.05, 0.1) is 21.3 Å². The zero-order valence-corrected chi connectivity index (χ0v) is 14.5. The average molecular weight is 392 g/mol. The minimum absolute atomic E-state index is 0.236. The summed E-state index contributed by atoms with van der Waals surface area (Å²) < 4.78 is 5.28. The molecule has 120 valence electrons. The van der Waals surface area contributed by atoms with Crippen molar-refractivity contribution in [1.82, 2.24) is 5.43 Å². The van der Waals surface area contributed by atoms with E-state index in [2.05, 4.69) is 10.5 Å². The molecule has 0 aliphatic rings. The van der Waals surface area contributed by atoms with Crippen LogP contribution >= 0.6 is 46.4 Å². The SMILES string of the molecule is O=C(COc1ccc(Cl)cc1Cl)N/N=C/c1ccc(Cl)c(Cl)c1. The molecule has 8 heteroatoms. The summed E-state index contributed by atoms with van der Waals surface area (Å²) in [7, 11) is 0. The van der Waals surface area contributed by atoms with Crippen LogP contribution in [-0.2, 0) is 4.79 Å². The summed E-state index contributed by atoms with van der Waals surface area (Å²) in [6, 6.07) is 9.70. The Balaban J connectivity index is 1.85. The Kier molecular flexibility index (Phi) is 6.54. The van der Waals surface area contributed by atoms with Crippen LogP contribution in [0.25, 0.3) is 0 Å². The average Bonchev–Trinajstić information content (AvgIpc) is 2.50. The number of amides is 1. The predicted octanol–water partition coefficient (Wildman–Crippen LogP) is 4.83. The largest absolute Gasteiger partial charge is 0.482 e. The van der Waals surface area contributed by atoms with E-state index in [1.54, 1.807) is 30.3 Å². The number of carbonyl (C=O) groups is 1. The molecule has 2 rings (SSSR count). The Morgan fingerprint density at radius 1 is 1.04 bits per heavy atom. The molecule has 0 unspecified atom stereocenters. The van der Waals surface area contributed by atoms with Crippen molar-refractivity contribution >= 4 is 58.5 Å². The minimum atomic E-state index is -0.438. The fraction of sp³-hybridized carbons (Fsp3) is 0.0667. The molecule has 0 saturated heterocycles. The molecule has 0 fully saturated rings. The number of carbonyl (C=O) groups excluding carboxylic acids is 1. The van der Waals surface area contributed by atoms with Gasteiger partial charge in [-0.25, -0.2) is 5.43 Å². The second kappa shape index (κ2) is 8.41. The van der Waals surface area contributed by atoms with Crippen molar-refractivity contribution in [2.75, 3.05) is 6.61 Å². The Labute approximate surface area is 152 Å². The standard InChI is InChI=1S/C15H10Cl4N2O2/c16-10-2-4-14(13(19)6-10)23-8-15(22)21-20-7-9-1-3-11(17)12(18)5-9/h1-7H,8H2,(H,21,22)/b20-7+. The van der Waals surface area contributed by atoms with Gasteiger partial charge in [-0.3, -0.25) is 4.79 Å². The molecule has 1 amide bonds. The Hall–Kier alpha value is -1.46. The van der Waals surface area contributed by atoms with Crippen LogP contribution in [0.4, 0.5) is 0 Å². The molecule has 0 saturated carbocycles.